The van der Waals surface area contributed by atoms with E-state index in [1.54, 1.807) is 44.2 Å². The Hall–Kier alpha value is -3.07. The molecule has 0 bridgehead atoms. The third-order valence-corrected chi connectivity index (χ3v) is 5.99. The molecule has 3 aromatic rings. The van der Waals surface area contributed by atoms with Gasteiger partial charge in [0.2, 0.25) is 0 Å². The van der Waals surface area contributed by atoms with Crippen molar-refractivity contribution in [3.8, 4) is 17.2 Å². The number of benzene rings is 2. The highest BCUT2D eigenvalue weighted by Crippen LogP contribution is 2.34. The molecule has 1 N–H and O–H groups in total. The van der Waals surface area contributed by atoms with Gasteiger partial charge in [-0.25, -0.2) is 17.5 Å². The van der Waals surface area contributed by atoms with Gasteiger partial charge in [0.15, 0.2) is 11.5 Å². The highest BCUT2D eigenvalue weighted by atomic mass is 32.2. The summed E-state index contributed by atoms with van der Waals surface area (Å²) in [5.41, 5.74) is 1.70. The van der Waals surface area contributed by atoms with Gasteiger partial charge in [-0.1, -0.05) is 0 Å². The second-order valence-electron chi connectivity index (χ2n) is 6.35. The first kappa shape index (κ1) is 18.3. The van der Waals surface area contributed by atoms with Crippen LogP contribution < -0.4 is 14.2 Å². The van der Waals surface area contributed by atoms with Crippen molar-refractivity contribution in [2.24, 2.45) is 0 Å². The lowest BCUT2D eigenvalue weighted by Crippen LogP contribution is -2.17. The number of hydrogen-bond acceptors (Lipinski definition) is 5. The van der Waals surface area contributed by atoms with Crippen LogP contribution in [0.25, 0.3) is 5.69 Å². The lowest BCUT2D eigenvalue weighted by atomic mass is 10.3. The minimum Gasteiger partial charge on any atom is -0.486 e. The SMILES string of the molecule is Cc1nn(-c2ccc(F)cc2)c(C)c1S(=O)(=O)Nc1ccc2c(c1)OCCO2. The molecule has 0 spiro atoms. The van der Waals surface area contributed by atoms with E-state index in [4.69, 9.17) is 9.47 Å². The second kappa shape index (κ2) is 6.83. The maximum absolute atomic E-state index is 13.2. The van der Waals surface area contributed by atoms with Crippen LogP contribution in [-0.2, 0) is 10.0 Å². The summed E-state index contributed by atoms with van der Waals surface area (Å²) < 4.78 is 54.2. The molecule has 0 fully saturated rings. The molecule has 4 rings (SSSR count). The standard InChI is InChI=1S/C19H18FN3O4S/c1-12-19(13(2)23(21-12)16-6-3-14(20)4-7-16)28(24,25)22-15-5-8-17-18(11-15)27-10-9-26-17/h3-8,11,22H,9-10H2,1-2H3. The van der Waals surface area contributed by atoms with Gasteiger partial charge in [-0.15, -0.1) is 0 Å². The summed E-state index contributed by atoms with van der Waals surface area (Å²) in [7, 11) is -3.90. The normalized spacial score (nSPS) is 13.4. The van der Waals surface area contributed by atoms with Crippen LogP contribution >= 0.6 is 0 Å². The predicted molar refractivity (Wildman–Crippen MR) is 101 cm³/mol. The Kier molecular flexibility index (Phi) is 4.46. The largest absolute Gasteiger partial charge is 0.486 e. The average molecular weight is 403 g/mol. The van der Waals surface area contributed by atoms with E-state index in [1.165, 1.54) is 16.8 Å². The fourth-order valence-corrected chi connectivity index (χ4v) is 4.61. The van der Waals surface area contributed by atoms with Crippen molar-refractivity contribution in [3.63, 3.8) is 0 Å². The van der Waals surface area contributed by atoms with Crippen LogP contribution in [0.1, 0.15) is 11.4 Å². The van der Waals surface area contributed by atoms with Gasteiger partial charge in [-0.05, 0) is 50.2 Å². The molecule has 9 heteroatoms. The number of aromatic nitrogens is 2. The maximum atomic E-state index is 13.2. The fraction of sp³-hybridized carbons (Fsp3) is 0.211. The number of nitrogens with one attached hydrogen (secondary N) is 1. The van der Waals surface area contributed by atoms with E-state index in [9.17, 15) is 12.8 Å². The first-order valence-electron chi connectivity index (χ1n) is 8.60. The van der Waals surface area contributed by atoms with E-state index in [1.807, 2.05) is 0 Å². The summed E-state index contributed by atoms with van der Waals surface area (Å²) in [6.07, 6.45) is 0. The zero-order valence-corrected chi connectivity index (χ0v) is 16.1. The van der Waals surface area contributed by atoms with E-state index in [0.29, 0.717) is 47.5 Å². The molecule has 1 aliphatic heterocycles. The van der Waals surface area contributed by atoms with Gasteiger partial charge in [-0.3, -0.25) is 4.72 Å². The van der Waals surface area contributed by atoms with Gasteiger partial charge < -0.3 is 9.47 Å². The number of nitrogens with zero attached hydrogens (tertiary/aromatic N) is 2. The van der Waals surface area contributed by atoms with E-state index >= 15 is 0 Å². The summed E-state index contributed by atoms with van der Waals surface area (Å²) in [5, 5.41) is 4.32. The van der Waals surface area contributed by atoms with Crippen molar-refractivity contribution < 1.29 is 22.3 Å². The Bertz CT molecular complexity index is 1140. The molecule has 1 aromatic heterocycles. The summed E-state index contributed by atoms with van der Waals surface area (Å²) in [4.78, 5) is 0.0757. The molecular formula is C19H18FN3O4S. The highest BCUT2D eigenvalue weighted by Gasteiger charge is 2.26. The third kappa shape index (κ3) is 3.29. The number of halogens is 1. The lowest BCUT2D eigenvalue weighted by Gasteiger charge is -2.19. The van der Waals surface area contributed by atoms with E-state index in [0.717, 1.165) is 0 Å². The van der Waals surface area contributed by atoms with Crippen molar-refractivity contribution >= 4 is 15.7 Å². The van der Waals surface area contributed by atoms with Crippen LogP contribution in [0.4, 0.5) is 10.1 Å². The van der Waals surface area contributed by atoms with E-state index < -0.39 is 10.0 Å². The Morgan fingerprint density at radius 3 is 2.43 bits per heavy atom. The van der Waals surface area contributed by atoms with Crippen LogP contribution in [0, 0.1) is 19.7 Å². The summed E-state index contributed by atoms with van der Waals surface area (Å²) >= 11 is 0. The number of fused-ring (bicyclic) bond motifs is 1. The molecule has 0 saturated heterocycles. The highest BCUT2D eigenvalue weighted by molar-refractivity contribution is 7.92. The monoisotopic (exact) mass is 403 g/mol. The van der Waals surface area contributed by atoms with Gasteiger partial charge >= 0.3 is 0 Å². The number of rotatable bonds is 4. The van der Waals surface area contributed by atoms with Gasteiger partial charge in [0.1, 0.15) is 23.9 Å². The van der Waals surface area contributed by atoms with Crippen molar-refractivity contribution in [1.82, 2.24) is 9.78 Å². The average Bonchev–Trinajstić information content (AvgIpc) is 2.97. The number of aryl methyl sites for hydroxylation is 1. The second-order valence-corrected chi connectivity index (χ2v) is 7.97. The van der Waals surface area contributed by atoms with Crippen molar-refractivity contribution in [3.05, 3.63) is 59.7 Å². The number of hydrogen-bond donors (Lipinski definition) is 1. The van der Waals surface area contributed by atoms with Crippen molar-refractivity contribution in [1.29, 1.82) is 0 Å². The van der Waals surface area contributed by atoms with Gasteiger partial charge in [0.05, 0.1) is 22.8 Å². The number of ether oxygens (including phenoxy) is 2. The first-order chi connectivity index (χ1) is 13.3. The van der Waals surface area contributed by atoms with E-state index in [-0.39, 0.29) is 10.7 Å². The molecule has 2 aromatic carbocycles. The van der Waals surface area contributed by atoms with Gasteiger partial charge in [0, 0.05) is 6.07 Å². The predicted octanol–water partition coefficient (Wildman–Crippen LogP) is 3.20. The van der Waals surface area contributed by atoms with Crippen molar-refractivity contribution in [2.75, 3.05) is 17.9 Å². The quantitative estimate of drug-likeness (QED) is 0.723. The van der Waals surface area contributed by atoms with Crippen LogP contribution in [0.5, 0.6) is 11.5 Å². The summed E-state index contributed by atoms with van der Waals surface area (Å²) in [5.74, 6) is 0.686. The molecule has 0 amide bonds. The third-order valence-electron chi connectivity index (χ3n) is 4.36. The topological polar surface area (TPSA) is 82.5 Å². The van der Waals surface area contributed by atoms with Crippen LogP contribution in [0.2, 0.25) is 0 Å². The molecule has 0 aliphatic carbocycles. The Morgan fingerprint density at radius 1 is 1.04 bits per heavy atom. The van der Waals surface area contributed by atoms with Crippen LogP contribution in [-0.4, -0.2) is 31.4 Å². The molecule has 7 nitrogen and oxygen atoms in total. The molecule has 28 heavy (non-hydrogen) atoms. The Balaban J connectivity index is 1.69. The smallest absolute Gasteiger partial charge is 0.265 e. The van der Waals surface area contributed by atoms with Gasteiger partial charge in [0.25, 0.3) is 10.0 Å². The van der Waals surface area contributed by atoms with Gasteiger partial charge in [-0.2, -0.15) is 5.10 Å². The molecular weight excluding hydrogens is 385 g/mol. The molecule has 0 radical (unpaired) electrons. The zero-order valence-electron chi connectivity index (χ0n) is 15.3. The Morgan fingerprint density at radius 2 is 1.71 bits per heavy atom. The lowest BCUT2D eigenvalue weighted by molar-refractivity contribution is 0.171. The first-order valence-corrected chi connectivity index (χ1v) is 10.1. The van der Waals surface area contributed by atoms with Crippen molar-refractivity contribution in [2.45, 2.75) is 18.7 Å². The Labute approximate surface area is 161 Å². The van der Waals surface area contributed by atoms with Crippen LogP contribution in [0.3, 0.4) is 0 Å². The molecule has 1 aliphatic rings. The summed E-state index contributed by atoms with van der Waals surface area (Å²) in [6.45, 7) is 4.14. The minimum absolute atomic E-state index is 0.0757. The summed E-state index contributed by atoms with van der Waals surface area (Å²) in [6, 6.07) is 10.5. The molecule has 0 atom stereocenters. The van der Waals surface area contributed by atoms with E-state index in [2.05, 4.69) is 9.82 Å². The minimum atomic E-state index is -3.90. The zero-order chi connectivity index (χ0) is 19.9. The number of anilines is 1. The molecule has 146 valence electrons. The maximum Gasteiger partial charge on any atom is 0.265 e. The molecule has 2 heterocycles. The number of sulfonamides is 1. The fourth-order valence-electron chi connectivity index (χ4n) is 3.16. The molecule has 0 unspecified atom stereocenters. The molecule has 0 saturated carbocycles. The van der Waals surface area contributed by atoms with Crippen LogP contribution in [0.15, 0.2) is 47.4 Å².